The van der Waals surface area contributed by atoms with E-state index in [1.807, 2.05) is 26.0 Å². The molecule has 0 radical (unpaired) electrons. The summed E-state index contributed by atoms with van der Waals surface area (Å²) in [6.07, 6.45) is -0.339. The largest absolute Gasteiger partial charge is 0.365 e. The summed E-state index contributed by atoms with van der Waals surface area (Å²) >= 11 is 12.1. The molecule has 2 rings (SSSR count). The van der Waals surface area contributed by atoms with Crippen LogP contribution in [0.15, 0.2) is 30.3 Å². The fraction of sp³-hybridized carbons (Fsp3) is 0.375. The molecule has 0 amide bonds. The monoisotopic (exact) mass is 355 g/mol. The second kappa shape index (κ2) is 9.03. The van der Waals surface area contributed by atoms with Gasteiger partial charge in [-0.25, -0.2) is 9.97 Å². The molecule has 0 saturated carbocycles. The Labute approximate surface area is 146 Å². The van der Waals surface area contributed by atoms with E-state index in [4.69, 9.17) is 32.7 Å². The van der Waals surface area contributed by atoms with Gasteiger partial charge in [-0.3, -0.25) is 0 Å². The van der Waals surface area contributed by atoms with Crippen molar-refractivity contribution in [2.45, 2.75) is 20.1 Å². The first-order chi connectivity index (χ1) is 11.1. The highest BCUT2D eigenvalue weighted by Crippen LogP contribution is 2.23. The van der Waals surface area contributed by atoms with Crippen molar-refractivity contribution in [2.75, 3.05) is 25.1 Å². The summed E-state index contributed by atoms with van der Waals surface area (Å²) < 4.78 is 11.0. The van der Waals surface area contributed by atoms with Crippen LogP contribution in [0.4, 0.5) is 5.82 Å². The van der Waals surface area contributed by atoms with E-state index in [1.165, 1.54) is 0 Å². The van der Waals surface area contributed by atoms with Gasteiger partial charge in [-0.1, -0.05) is 35.3 Å². The van der Waals surface area contributed by atoms with Crippen LogP contribution >= 0.6 is 23.2 Å². The Hall–Kier alpha value is -1.40. The lowest BCUT2D eigenvalue weighted by atomic mass is 10.2. The first kappa shape index (κ1) is 17.9. The molecular formula is C16H19Cl2N3O2. The summed E-state index contributed by atoms with van der Waals surface area (Å²) in [5.74, 6) is 1.11. The maximum Gasteiger partial charge on any atom is 0.174 e. The summed E-state index contributed by atoms with van der Waals surface area (Å²) in [5, 5.41) is 4.13. The van der Waals surface area contributed by atoms with Crippen LogP contribution < -0.4 is 5.32 Å². The first-order valence-electron chi connectivity index (χ1n) is 7.40. The molecule has 23 heavy (non-hydrogen) atoms. The molecule has 0 aliphatic rings. The molecule has 0 unspecified atom stereocenters. The minimum atomic E-state index is -0.339. The number of hydrogen-bond acceptors (Lipinski definition) is 5. The highest BCUT2D eigenvalue weighted by molar-refractivity contribution is 6.31. The molecule has 0 aliphatic carbocycles. The summed E-state index contributed by atoms with van der Waals surface area (Å²) in [7, 11) is 0. The number of hydrogen-bond donors (Lipinski definition) is 1. The summed E-state index contributed by atoms with van der Waals surface area (Å²) in [6.45, 7) is 5.45. The highest BCUT2D eigenvalue weighted by Gasteiger charge is 2.10. The molecular weight excluding hydrogens is 337 g/mol. The quantitative estimate of drug-likeness (QED) is 0.566. The molecule has 1 aromatic carbocycles. The van der Waals surface area contributed by atoms with Gasteiger partial charge in [-0.15, -0.1) is 0 Å². The molecule has 2 aromatic rings. The van der Waals surface area contributed by atoms with Gasteiger partial charge in [-0.2, -0.15) is 0 Å². The van der Waals surface area contributed by atoms with E-state index in [9.17, 15) is 0 Å². The highest BCUT2D eigenvalue weighted by atomic mass is 35.5. The molecule has 0 saturated heterocycles. The van der Waals surface area contributed by atoms with E-state index in [-0.39, 0.29) is 6.29 Å². The van der Waals surface area contributed by atoms with E-state index in [0.717, 1.165) is 5.56 Å². The number of halogens is 2. The molecule has 5 nitrogen and oxygen atoms in total. The number of anilines is 1. The molecule has 7 heteroatoms. The van der Waals surface area contributed by atoms with Gasteiger partial charge in [0.05, 0.1) is 6.54 Å². The zero-order valence-electron chi connectivity index (χ0n) is 13.1. The van der Waals surface area contributed by atoms with E-state index >= 15 is 0 Å². The van der Waals surface area contributed by atoms with Crippen LogP contribution in [-0.4, -0.2) is 36.0 Å². The van der Waals surface area contributed by atoms with Crippen LogP contribution in [0.25, 0.3) is 11.4 Å². The van der Waals surface area contributed by atoms with E-state index in [1.54, 1.807) is 18.2 Å². The SMILES string of the molecule is CCOC(CNc1cc(Cl)nc(-c2cccc(Cl)c2)n1)OCC. The fourth-order valence-corrected chi connectivity index (χ4v) is 2.36. The van der Waals surface area contributed by atoms with E-state index in [2.05, 4.69) is 15.3 Å². The number of nitrogens with zero attached hydrogens (tertiary/aromatic N) is 2. The Kier molecular flexibility index (Phi) is 7.05. The zero-order chi connectivity index (χ0) is 16.7. The van der Waals surface area contributed by atoms with Gasteiger partial charge >= 0.3 is 0 Å². The van der Waals surface area contributed by atoms with Crippen LogP contribution in [0.3, 0.4) is 0 Å². The zero-order valence-corrected chi connectivity index (χ0v) is 14.6. The first-order valence-corrected chi connectivity index (χ1v) is 8.15. The van der Waals surface area contributed by atoms with Crippen LogP contribution in [0.2, 0.25) is 10.2 Å². The van der Waals surface area contributed by atoms with Crippen LogP contribution in [0.5, 0.6) is 0 Å². The van der Waals surface area contributed by atoms with Crippen molar-refractivity contribution in [3.05, 3.63) is 40.5 Å². The normalized spacial score (nSPS) is 11.0. The summed E-state index contributed by atoms with van der Waals surface area (Å²) in [6, 6.07) is 8.97. The van der Waals surface area contributed by atoms with E-state index < -0.39 is 0 Å². The van der Waals surface area contributed by atoms with Gasteiger partial charge in [0.25, 0.3) is 0 Å². The van der Waals surface area contributed by atoms with Gasteiger partial charge in [0.1, 0.15) is 11.0 Å². The molecule has 0 fully saturated rings. The maximum absolute atomic E-state index is 6.09. The van der Waals surface area contributed by atoms with Crippen molar-refractivity contribution in [3.8, 4) is 11.4 Å². The molecule has 0 spiro atoms. The predicted octanol–water partition coefficient (Wildman–Crippen LogP) is 4.26. The predicted molar refractivity (Wildman–Crippen MR) is 93.0 cm³/mol. The molecule has 0 bridgehead atoms. The van der Waals surface area contributed by atoms with Crippen molar-refractivity contribution < 1.29 is 9.47 Å². The lowest BCUT2D eigenvalue weighted by Gasteiger charge is -2.18. The molecule has 0 atom stereocenters. The third kappa shape index (κ3) is 5.62. The second-order valence-corrected chi connectivity index (χ2v) is 5.45. The van der Waals surface area contributed by atoms with Crippen molar-refractivity contribution in [1.82, 2.24) is 9.97 Å². The minimum Gasteiger partial charge on any atom is -0.365 e. The smallest absolute Gasteiger partial charge is 0.174 e. The third-order valence-corrected chi connectivity index (χ3v) is 3.36. The van der Waals surface area contributed by atoms with Gasteiger partial charge in [0, 0.05) is 29.9 Å². The van der Waals surface area contributed by atoms with Crippen LogP contribution in [-0.2, 0) is 9.47 Å². The molecule has 1 heterocycles. The van der Waals surface area contributed by atoms with Crippen molar-refractivity contribution in [2.24, 2.45) is 0 Å². The van der Waals surface area contributed by atoms with Gasteiger partial charge < -0.3 is 14.8 Å². The second-order valence-electron chi connectivity index (χ2n) is 4.63. The minimum absolute atomic E-state index is 0.339. The maximum atomic E-state index is 6.09. The Morgan fingerprint density at radius 1 is 1.09 bits per heavy atom. The Bertz CT molecular complexity index is 634. The van der Waals surface area contributed by atoms with Gasteiger partial charge in [0.15, 0.2) is 12.1 Å². The van der Waals surface area contributed by atoms with E-state index in [0.29, 0.717) is 41.6 Å². The number of aromatic nitrogens is 2. The van der Waals surface area contributed by atoms with Crippen LogP contribution in [0.1, 0.15) is 13.8 Å². The number of rotatable bonds is 8. The lowest BCUT2D eigenvalue weighted by Crippen LogP contribution is -2.26. The molecule has 0 aliphatic heterocycles. The Morgan fingerprint density at radius 3 is 2.48 bits per heavy atom. The Morgan fingerprint density at radius 2 is 1.83 bits per heavy atom. The number of benzene rings is 1. The summed E-state index contributed by atoms with van der Waals surface area (Å²) in [5.41, 5.74) is 0.800. The standard InChI is InChI=1S/C16H19Cl2N3O2/c1-3-22-15(23-4-2)10-19-14-9-13(18)20-16(21-14)11-6-5-7-12(17)8-11/h5-9,15H,3-4,10H2,1-2H3,(H,19,20,21). The topological polar surface area (TPSA) is 56.3 Å². The fourth-order valence-electron chi connectivity index (χ4n) is 1.99. The lowest BCUT2D eigenvalue weighted by molar-refractivity contribution is -0.126. The van der Waals surface area contributed by atoms with Gasteiger partial charge in [0.2, 0.25) is 0 Å². The summed E-state index contributed by atoms with van der Waals surface area (Å²) in [4.78, 5) is 8.70. The van der Waals surface area contributed by atoms with Gasteiger partial charge in [-0.05, 0) is 26.0 Å². The van der Waals surface area contributed by atoms with Crippen LogP contribution in [0, 0.1) is 0 Å². The van der Waals surface area contributed by atoms with Crippen molar-refractivity contribution in [3.63, 3.8) is 0 Å². The third-order valence-electron chi connectivity index (χ3n) is 2.93. The molecule has 124 valence electrons. The Balaban J connectivity index is 2.14. The number of nitrogens with one attached hydrogen (secondary N) is 1. The van der Waals surface area contributed by atoms with Crippen molar-refractivity contribution >= 4 is 29.0 Å². The molecule has 1 N–H and O–H groups in total. The number of ether oxygens (including phenoxy) is 2. The molecule has 1 aromatic heterocycles. The average Bonchev–Trinajstić information content (AvgIpc) is 2.52. The average molecular weight is 356 g/mol. The van der Waals surface area contributed by atoms with Crippen molar-refractivity contribution in [1.29, 1.82) is 0 Å².